The first-order chi connectivity index (χ1) is 11.5. The second-order valence-electron chi connectivity index (χ2n) is 7.70. The Bertz CT molecular complexity index is 615. The smallest absolute Gasteiger partial charge is 0.311 e. The molecule has 4 rings (SSSR count). The molecule has 1 N–H and O–H groups in total. The minimum Gasteiger partial charge on any atom is -0.458 e. The number of hydrogen-bond acceptors (Lipinski definition) is 5. The molecule has 1 amide bonds. The van der Waals surface area contributed by atoms with Crippen molar-refractivity contribution in [2.45, 2.75) is 57.3 Å². The molecule has 2 bridgehead atoms. The van der Waals surface area contributed by atoms with E-state index in [1.54, 1.807) is 6.92 Å². The van der Waals surface area contributed by atoms with Gasteiger partial charge in [0.25, 0.3) is 0 Å². The molecule has 0 radical (unpaired) electrons. The minimum atomic E-state index is -0.319. The molecule has 4 aliphatic rings. The first-order valence-corrected chi connectivity index (χ1v) is 8.83. The van der Waals surface area contributed by atoms with Crippen LogP contribution < -0.4 is 5.32 Å². The highest BCUT2D eigenvalue weighted by Gasteiger charge is 2.63. The maximum absolute atomic E-state index is 12.7. The molecule has 6 nitrogen and oxygen atoms in total. The van der Waals surface area contributed by atoms with Gasteiger partial charge in [0.1, 0.15) is 12.2 Å². The number of fused-ring (bicyclic) bond motifs is 1. The fourth-order valence-corrected chi connectivity index (χ4v) is 4.99. The summed E-state index contributed by atoms with van der Waals surface area (Å²) in [4.78, 5) is 36.3. The highest BCUT2D eigenvalue weighted by atomic mass is 16.6. The van der Waals surface area contributed by atoms with E-state index >= 15 is 0 Å². The third-order valence-corrected chi connectivity index (χ3v) is 6.19. The first-order valence-electron chi connectivity index (χ1n) is 8.83. The highest BCUT2D eigenvalue weighted by molar-refractivity contribution is 5.92. The molecule has 1 aliphatic heterocycles. The number of carbonyl (C=O) groups excluding carboxylic acids is 3. The van der Waals surface area contributed by atoms with Gasteiger partial charge in [0.15, 0.2) is 0 Å². The Balaban J connectivity index is 1.40. The molecular formula is C18H23NO5. The normalized spacial score (nSPS) is 42.0. The Kier molecular flexibility index (Phi) is 3.66. The van der Waals surface area contributed by atoms with E-state index < -0.39 is 0 Å². The van der Waals surface area contributed by atoms with Gasteiger partial charge in [-0.2, -0.15) is 0 Å². The van der Waals surface area contributed by atoms with Crippen molar-refractivity contribution < 1.29 is 23.9 Å². The van der Waals surface area contributed by atoms with E-state index in [1.807, 2.05) is 0 Å². The molecule has 7 atom stereocenters. The van der Waals surface area contributed by atoms with Crippen LogP contribution in [0.15, 0.2) is 12.2 Å². The summed E-state index contributed by atoms with van der Waals surface area (Å²) in [6, 6.07) is -0.195. The zero-order chi connectivity index (χ0) is 17.0. The molecule has 0 aromatic rings. The third-order valence-electron chi connectivity index (χ3n) is 6.19. The number of nitrogens with one attached hydrogen (secondary N) is 1. The van der Waals surface area contributed by atoms with Crippen molar-refractivity contribution in [1.82, 2.24) is 5.32 Å². The monoisotopic (exact) mass is 333 g/mol. The van der Waals surface area contributed by atoms with E-state index in [9.17, 15) is 14.4 Å². The molecular weight excluding hydrogens is 310 g/mol. The van der Waals surface area contributed by atoms with E-state index in [1.165, 1.54) is 0 Å². The summed E-state index contributed by atoms with van der Waals surface area (Å²) in [5.74, 6) is -0.445. The summed E-state index contributed by atoms with van der Waals surface area (Å²) in [6.07, 6.45) is 3.51. The predicted molar refractivity (Wildman–Crippen MR) is 83.5 cm³/mol. The van der Waals surface area contributed by atoms with Crippen LogP contribution >= 0.6 is 0 Å². The van der Waals surface area contributed by atoms with Crippen LogP contribution in [0.1, 0.15) is 39.0 Å². The van der Waals surface area contributed by atoms with Gasteiger partial charge in [0.05, 0.1) is 11.8 Å². The van der Waals surface area contributed by atoms with Crippen LogP contribution in [0.4, 0.5) is 0 Å². The van der Waals surface area contributed by atoms with Crippen LogP contribution in [0.5, 0.6) is 0 Å². The summed E-state index contributed by atoms with van der Waals surface area (Å²) in [5, 5.41) is 2.88. The van der Waals surface area contributed by atoms with Gasteiger partial charge < -0.3 is 14.8 Å². The van der Waals surface area contributed by atoms with E-state index in [2.05, 4.69) is 11.9 Å². The third kappa shape index (κ3) is 2.34. The molecule has 4 fully saturated rings. The quantitative estimate of drug-likeness (QED) is 0.620. The number of rotatable bonds is 4. The van der Waals surface area contributed by atoms with Crippen LogP contribution in [0.3, 0.4) is 0 Å². The second kappa shape index (κ2) is 5.60. The van der Waals surface area contributed by atoms with Crippen LogP contribution in [0.25, 0.3) is 0 Å². The van der Waals surface area contributed by atoms with Gasteiger partial charge in [-0.05, 0) is 32.6 Å². The van der Waals surface area contributed by atoms with Crippen LogP contribution in [0, 0.1) is 23.7 Å². The fourth-order valence-electron chi connectivity index (χ4n) is 4.99. The van der Waals surface area contributed by atoms with Crippen LogP contribution in [-0.2, 0) is 23.9 Å². The SMILES string of the molecule is C=C(C)C(=O)NC1CCCC1C(=O)OC1C2CC3C(=O)OC1C3C2. The van der Waals surface area contributed by atoms with Crippen molar-refractivity contribution in [2.24, 2.45) is 23.7 Å². The Labute approximate surface area is 140 Å². The van der Waals surface area contributed by atoms with Gasteiger partial charge >= 0.3 is 11.9 Å². The topological polar surface area (TPSA) is 81.7 Å². The van der Waals surface area contributed by atoms with Crippen molar-refractivity contribution in [3.63, 3.8) is 0 Å². The Morgan fingerprint density at radius 2 is 2.08 bits per heavy atom. The molecule has 3 aliphatic carbocycles. The van der Waals surface area contributed by atoms with E-state index in [-0.39, 0.29) is 59.8 Å². The summed E-state index contributed by atoms with van der Waals surface area (Å²) in [5.41, 5.74) is 0.436. The number of amides is 1. The van der Waals surface area contributed by atoms with E-state index in [0.717, 1.165) is 25.7 Å². The molecule has 24 heavy (non-hydrogen) atoms. The summed E-state index contributed by atoms with van der Waals surface area (Å²) < 4.78 is 11.2. The molecule has 0 aromatic carbocycles. The summed E-state index contributed by atoms with van der Waals surface area (Å²) >= 11 is 0. The summed E-state index contributed by atoms with van der Waals surface area (Å²) in [6.45, 7) is 5.28. The van der Waals surface area contributed by atoms with Crippen molar-refractivity contribution >= 4 is 17.8 Å². The molecule has 1 saturated heterocycles. The number of esters is 2. The molecule has 3 saturated carbocycles. The van der Waals surface area contributed by atoms with Gasteiger partial charge in [0, 0.05) is 23.5 Å². The van der Waals surface area contributed by atoms with Crippen LogP contribution in [-0.4, -0.2) is 36.1 Å². The Morgan fingerprint density at radius 1 is 1.29 bits per heavy atom. The zero-order valence-corrected chi connectivity index (χ0v) is 13.8. The predicted octanol–water partition coefficient (Wildman–Crippen LogP) is 1.34. The number of carbonyl (C=O) groups is 3. The Morgan fingerprint density at radius 3 is 2.83 bits per heavy atom. The van der Waals surface area contributed by atoms with Gasteiger partial charge in [-0.3, -0.25) is 14.4 Å². The number of hydrogen-bond donors (Lipinski definition) is 1. The van der Waals surface area contributed by atoms with Crippen molar-refractivity contribution in [3.8, 4) is 0 Å². The largest absolute Gasteiger partial charge is 0.458 e. The first kappa shape index (κ1) is 15.7. The molecule has 130 valence electrons. The maximum atomic E-state index is 12.7. The van der Waals surface area contributed by atoms with Gasteiger partial charge in [-0.25, -0.2) is 0 Å². The lowest BCUT2D eigenvalue weighted by Gasteiger charge is -2.28. The van der Waals surface area contributed by atoms with Crippen molar-refractivity contribution in [1.29, 1.82) is 0 Å². The van der Waals surface area contributed by atoms with Crippen molar-refractivity contribution in [3.05, 3.63) is 12.2 Å². The average molecular weight is 333 g/mol. The van der Waals surface area contributed by atoms with E-state index in [4.69, 9.17) is 9.47 Å². The van der Waals surface area contributed by atoms with Gasteiger partial charge in [-0.15, -0.1) is 0 Å². The fraction of sp³-hybridized carbons (Fsp3) is 0.722. The molecule has 0 aromatic heterocycles. The molecule has 1 heterocycles. The zero-order valence-electron chi connectivity index (χ0n) is 13.8. The minimum absolute atomic E-state index is 0.0176. The standard InChI is InChI=1S/C18H23NO5/c1-8(2)16(20)19-13-5-3-4-10(13)17(21)23-14-9-6-11-12(7-9)18(22)24-15(11)14/h9-15H,1,3-7H2,2H3,(H,19,20). The highest BCUT2D eigenvalue weighted by Crippen LogP contribution is 2.55. The van der Waals surface area contributed by atoms with Crippen LogP contribution in [0.2, 0.25) is 0 Å². The summed E-state index contributed by atoms with van der Waals surface area (Å²) in [7, 11) is 0. The van der Waals surface area contributed by atoms with Gasteiger partial charge in [-0.1, -0.05) is 13.0 Å². The van der Waals surface area contributed by atoms with Crippen molar-refractivity contribution in [2.75, 3.05) is 0 Å². The number of ether oxygens (including phenoxy) is 2. The molecule has 6 heteroatoms. The molecule has 0 spiro atoms. The lowest BCUT2D eigenvalue weighted by atomic mass is 9.88. The Hall–Kier alpha value is -1.85. The lowest BCUT2D eigenvalue weighted by Crippen LogP contribution is -2.43. The van der Waals surface area contributed by atoms with Gasteiger partial charge in [0.2, 0.25) is 5.91 Å². The lowest BCUT2D eigenvalue weighted by molar-refractivity contribution is -0.166. The second-order valence-corrected chi connectivity index (χ2v) is 7.70. The maximum Gasteiger partial charge on any atom is 0.311 e. The molecule has 7 unspecified atom stereocenters. The average Bonchev–Trinajstić information content (AvgIpc) is 3.25. The van der Waals surface area contributed by atoms with E-state index in [0.29, 0.717) is 12.0 Å².